The molecule has 0 atom stereocenters. The second-order valence-corrected chi connectivity index (χ2v) is 5.78. The normalized spacial score (nSPS) is 14.2. The van der Waals surface area contributed by atoms with E-state index in [1.807, 2.05) is 20.8 Å². The number of fused-ring (bicyclic) bond motifs is 3. The van der Waals surface area contributed by atoms with Crippen molar-refractivity contribution in [3.63, 3.8) is 0 Å². The summed E-state index contributed by atoms with van der Waals surface area (Å²) in [5.74, 6) is -0.0562. The van der Waals surface area contributed by atoms with Gasteiger partial charge in [0.15, 0.2) is 0 Å². The Morgan fingerprint density at radius 1 is 1.40 bits per heavy atom. The zero-order valence-electron chi connectivity index (χ0n) is 11.6. The van der Waals surface area contributed by atoms with E-state index in [1.165, 1.54) is 10.9 Å². The van der Waals surface area contributed by atoms with Crippen LogP contribution in [0.2, 0.25) is 0 Å². The van der Waals surface area contributed by atoms with Crippen molar-refractivity contribution in [1.29, 1.82) is 0 Å². The summed E-state index contributed by atoms with van der Waals surface area (Å²) in [6, 6.07) is 3.54. The highest BCUT2D eigenvalue weighted by atomic mass is 16.6. The summed E-state index contributed by atoms with van der Waals surface area (Å²) in [4.78, 5) is 27.8. The summed E-state index contributed by atoms with van der Waals surface area (Å²) in [5, 5.41) is 2.76. The van der Waals surface area contributed by atoms with Crippen molar-refractivity contribution in [2.75, 3.05) is 5.32 Å². The number of ether oxygens (including phenoxy) is 1. The molecule has 1 aliphatic heterocycles. The van der Waals surface area contributed by atoms with Gasteiger partial charge in [-0.15, -0.1) is 0 Å². The van der Waals surface area contributed by atoms with Crippen LogP contribution in [0.3, 0.4) is 0 Å². The fourth-order valence-electron chi connectivity index (χ4n) is 2.25. The summed E-state index contributed by atoms with van der Waals surface area (Å²) in [6.07, 6.45) is 1.25. The molecule has 104 valence electrons. The summed E-state index contributed by atoms with van der Waals surface area (Å²) in [5.41, 5.74) is 2.33. The summed E-state index contributed by atoms with van der Waals surface area (Å²) in [6.45, 7) is 5.43. The van der Waals surface area contributed by atoms with Crippen molar-refractivity contribution in [2.24, 2.45) is 0 Å². The van der Waals surface area contributed by atoms with Crippen LogP contribution in [0.25, 0.3) is 11.0 Å². The van der Waals surface area contributed by atoms with Gasteiger partial charge >= 0.3 is 6.09 Å². The van der Waals surface area contributed by atoms with Crippen molar-refractivity contribution < 1.29 is 14.3 Å². The van der Waals surface area contributed by atoms with Crippen LogP contribution in [0.5, 0.6) is 0 Å². The highest BCUT2D eigenvalue weighted by Crippen LogP contribution is 2.30. The van der Waals surface area contributed by atoms with Gasteiger partial charge < -0.3 is 10.1 Å². The highest BCUT2D eigenvalue weighted by Gasteiger charge is 2.24. The van der Waals surface area contributed by atoms with Gasteiger partial charge in [-0.05, 0) is 32.9 Å². The Morgan fingerprint density at radius 2 is 2.15 bits per heavy atom. The predicted octanol–water partition coefficient (Wildman–Crippen LogP) is 2.31. The van der Waals surface area contributed by atoms with Crippen molar-refractivity contribution in [2.45, 2.75) is 32.8 Å². The molecule has 0 unspecified atom stereocenters. The van der Waals surface area contributed by atoms with E-state index in [-0.39, 0.29) is 12.3 Å². The number of aromatic nitrogens is 2. The molecular formula is C14H15N3O3. The summed E-state index contributed by atoms with van der Waals surface area (Å²) >= 11 is 0. The number of imidazole rings is 1. The molecular weight excluding hydrogens is 258 g/mol. The molecule has 6 nitrogen and oxygen atoms in total. The van der Waals surface area contributed by atoms with Crippen LogP contribution in [0.1, 0.15) is 26.3 Å². The molecule has 1 aromatic heterocycles. The van der Waals surface area contributed by atoms with Gasteiger partial charge in [-0.25, -0.2) is 14.3 Å². The quantitative estimate of drug-likeness (QED) is 0.799. The molecule has 0 saturated carbocycles. The molecule has 0 radical (unpaired) electrons. The first-order valence-electron chi connectivity index (χ1n) is 6.37. The van der Waals surface area contributed by atoms with E-state index in [9.17, 15) is 9.59 Å². The Kier molecular flexibility index (Phi) is 2.57. The van der Waals surface area contributed by atoms with Crippen LogP contribution in [0.15, 0.2) is 18.5 Å². The molecule has 0 saturated heterocycles. The Morgan fingerprint density at radius 3 is 2.85 bits per heavy atom. The first-order chi connectivity index (χ1) is 9.35. The Bertz CT molecular complexity index is 725. The van der Waals surface area contributed by atoms with Crippen molar-refractivity contribution in [1.82, 2.24) is 9.55 Å². The number of carbonyl (C=O) groups is 2. The third kappa shape index (κ3) is 2.03. The largest absolute Gasteiger partial charge is 0.443 e. The second-order valence-electron chi connectivity index (χ2n) is 5.78. The van der Waals surface area contributed by atoms with Gasteiger partial charge in [0.05, 0.1) is 17.5 Å². The van der Waals surface area contributed by atoms with Crippen molar-refractivity contribution >= 4 is 28.7 Å². The smallest absolute Gasteiger partial charge is 0.420 e. The molecule has 20 heavy (non-hydrogen) atoms. The molecule has 1 aliphatic rings. The lowest BCUT2D eigenvalue weighted by Crippen LogP contribution is -2.26. The van der Waals surface area contributed by atoms with E-state index in [1.54, 1.807) is 12.1 Å². The number of carbonyl (C=O) groups excluding carboxylic acids is 2. The Labute approximate surface area is 115 Å². The molecule has 2 aromatic rings. The zero-order valence-corrected chi connectivity index (χ0v) is 11.6. The van der Waals surface area contributed by atoms with Gasteiger partial charge in [0.2, 0.25) is 5.91 Å². The molecule has 3 rings (SSSR count). The number of rotatable bonds is 0. The minimum atomic E-state index is -0.568. The Balaban J connectivity index is 2.06. The van der Waals surface area contributed by atoms with Gasteiger partial charge in [0.25, 0.3) is 0 Å². The maximum absolute atomic E-state index is 12.1. The molecule has 0 aliphatic carbocycles. The second kappa shape index (κ2) is 4.06. The SMILES string of the molecule is CC(C)(C)OC(=O)n1cnc2c3c(ccc21)NC(=O)C3. The highest BCUT2D eigenvalue weighted by molar-refractivity contribution is 6.05. The first kappa shape index (κ1) is 12.7. The van der Waals surface area contributed by atoms with E-state index in [0.29, 0.717) is 11.0 Å². The number of nitrogens with zero attached hydrogens (tertiary/aromatic N) is 2. The third-order valence-electron chi connectivity index (χ3n) is 3.02. The van der Waals surface area contributed by atoms with Crippen LogP contribution in [-0.2, 0) is 16.0 Å². The predicted molar refractivity (Wildman–Crippen MR) is 73.7 cm³/mol. The topological polar surface area (TPSA) is 73.2 Å². The molecule has 1 amide bonds. The third-order valence-corrected chi connectivity index (χ3v) is 3.02. The number of hydrogen-bond acceptors (Lipinski definition) is 4. The van der Waals surface area contributed by atoms with Crippen LogP contribution >= 0.6 is 0 Å². The van der Waals surface area contributed by atoms with Gasteiger partial charge in [-0.1, -0.05) is 0 Å². The number of benzene rings is 1. The first-order valence-corrected chi connectivity index (χ1v) is 6.37. The molecule has 0 bridgehead atoms. The minimum Gasteiger partial charge on any atom is -0.443 e. The van der Waals surface area contributed by atoms with E-state index >= 15 is 0 Å². The van der Waals surface area contributed by atoms with Gasteiger partial charge in [-0.3, -0.25) is 4.79 Å². The lowest BCUT2D eigenvalue weighted by molar-refractivity contribution is -0.115. The number of nitrogens with one attached hydrogen (secondary N) is 1. The fraction of sp³-hybridized carbons (Fsp3) is 0.357. The van der Waals surface area contributed by atoms with Gasteiger partial charge in [0, 0.05) is 11.3 Å². The average Bonchev–Trinajstić information content (AvgIpc) is 2.87. The molecule has 0 spiro atoms. The van der Waals surface area contributed by atoms with Crippen LogP contribution in [0, 0.1) is 0 Å². The summed E-state index contributed by atoms with van der Waals surface area (Å²) < 4.78 is 6.70. The maximum atomic E-state index is 12.1. The van der Waals surface area contributed by atoms with Crippen LogP contribution in [-0.4, -0.2) is 27.2 Å². The van der Waals surface area contributed by atoms with E-state index in [4.69, 9.17) is 4.74 Å². The molecule has 0 fully saturated rings. The number of hydrogen-bond donors (Lipinski definition) is 1. The molecule has 6 heteroatoms. The molecule has 1 N–H and O–H groups in total. The van der Waals surface area contributed by atoms with E-state index < -0.39 is 11.7 Å². The van der Waals surface area contributed by atoms with E-state index in [0.717, 1.165) is 11.3 Å². The lowest BCUT2D eigenvalue weighted by Gasteiger charge is -2.19. The van der Waals surface area contributed by atoms with Crippen LogP contribution in [0.4, 0.5) is 10.5 Å². The van der Waals surface area contributed by atoms with Crippen molar-refractivity contribution in [3.05, 3.63) is 24.0 Å². The lowest BCUT2D eigenvalue weighted by atomic mass is 10.1. The van der Waals surface area contributed by atoms with Gasteiger partial charge in [0.1, 0.15) is 11.9 Å². The van der Waals surface area contributed by atoms with Crippen LogP contribution < -0.4 is 5.32 Å². The summed E-state index contributed by atoms with van der Waals surface area (Å²) in [7, 11) is 0. The maximum Gasteiger partial charge on any atom is 0.420 e. The molecule has 2 heterocycles. The van der Waals surface area contributed by atoms with E-state index in [2.05, 4.69) is 10.3 Å². The standard InChI is InChI=1S/C14H15N3O3/c1-14(2,3)20-13(19)17-7-15-12-8-6-11(18)16-9(8)4-5-10(12)17/h4-5,7H,6H2,1-3H3,(H,16,18). The van der Waals surface area contributed by atoms with Gasteiger partial charge in [-0.2, -0.15) is 0 Å². The Hall–Kier alpha value is -2.37. The monoisotopic (exact) mass is 273 g/mol. The number of anilines is 1. The molecule has 1 aromatic carbocycles. The minimum absolute atomic E-state index is 0.0562. The number of amides is 1. The zero-order chi connectivity index (χ0) is 14.5. The fourth-order valence-corrected chi connectivity index (χ4v) is 2.25. The van der Waals surface area contributed by atoms with Crippen molar-refractivity contribution in [3.8, 4) is 0 Å². The average molecular weight is 273 g/mol.